The summed E-state index contributed by atoms with van der Waals surface area (Å²) in [5, 5.41) is 10.3. The van der Waals surface area contributed by atoms with Gasteiger partial charge in [-0.25, -0.2) is 4.98 Å². The van der Waals surface area contributed by atoms with E-state index in [0.717, 1.165) is 59.5 Å². The molecule has 0 amide bonds. The molecule has 0 atom stereocenters. The first-order valence-corrected chi connectivity index (χ1v) is 7.76. The maximum Gasteiger partial charge on any atom is 0.160 e. The Hall–Kier alpha value is -1.85. The smallest absolute Gasteiger partial charge is 0.160 e. The van der Waals surface area contributed by atoms with Gasteiger partial charge in [0.2, 0.25) is 0 Å². The minimum atomic E-state index is 0. The number of ether oxygens (including phenoxy) is 1. The van der Waals surface area contributed by atoms with Gasteiger partial charge in [-0.15, -0.1) is 12.4 Å². The highest BCUT2D eigenvalue weighted by Gasteiger charge is 2.14. The van der Waals surface area contributed by atoms with Crippen LogP contribution in [0.4, 0.5) is 5.69 Å². The highest BCUT2D eigenvalue weighted by Crippen LogP contribution is 2.32. The molecule has 23 heavy (non-hydrogen) atoms. The Balaban J connectivity index is 0.00000192. The number of nitrogens with one attached hydrogen (secondary N) is 1. The van der Waals surface area contributed by atoms with Gasteiger partial charge >= 0.3 is 0 Å². The minimum Gasteiger partial charge on any atom is -0.384 e. The first-order chi connectivity index (χ1) is 10.7. The first kappa shape index (κ1) is 17.5. The van der Waals surface area contributed by atoms with Crippen LogP contribution in [0, 0.1) is 6.92 Å². The molecule has 0 spiro atoms. The van der Waals surface area contributed by atoms with Gasteiger partial charge in [-0.3, -0.25) is 4.68 Å². The van der Waals surface area contributed by atoms with Crippen molar-refractivity contribution in [3.05, 3.63) is 30.0 Å². The summed E-state index contributed by atoms with van der Waals surface area (Å²) >= 11 is 0. The topological polar surface area (TPSA) is 52.0 Å². The van der Waals surface area contributed by atoms with Crippen LogP contribution in [-0.4, -0.2) is 34.5 Å². The Morgan fingerprint density at radius 1 is 1.26 bits per heavy atom. The van der Waals surface area contributed by atoms with E-state index >= 15 is 0 Å². The molecule has 6 heteroatoms. The maximum atomic E-state index is 5.41. The monoisotopic (exact) mass is 334 g/mol. The Bertz CT molecular complexity index is 800. The molecule has 2 aromatic heterocycles. The largest absolute Gasteiger partial charge is 0.384 e. The normalized spacial score (nSPS) is 10.9. The molecular weight excluding hydrogens is 312 g/mol. The third-order valence-electron chi connectivity index (χ3n) is 3.81. The summed E-state index contributed by atoms with van der Waals surface area (Å²) in [6.07, 6.45) is 0.977. The fraction of sp³-hybridized carbons (Fsp3) is 0.412. The zero-order valence-corrected chi connectivity index (χ0v) is 14.6. The van der Waals surface area contributed by atoms with E-state index in [1.165, 1.54) is 0 Å². The maximum absolute atomic E-state index is 5.41. The Morgan fingerprint density at radius 2 is 2.04 bits per heavy atom. The van der Waals surface area contributed by atoms with Crippen molar-refractivity contribution in [2.75, 3.05) is 25.1 Å². The predicted octanol–water partition coefficient (Wildman–Crippen LogP) is 3.69. The van der Waals surface area contributed by atoms with Crippen molar-refractivity contribution in [3.63, 3.8) is 0 Å². The number of rotatable bonds is 6. The van der Waals surface area contributed by atoms with Gasteiger partial charge in [0.25, 0.3) is 0 Å². The summed E-state index contributed by atoms with van der Waals surface area (Å²) in [6.45, 7) is 6.47. The van der Waals surface area contributed by atoms with Crippen LogP contribution in [0.2, 0.25) is 0 Å². The summed E-state index contributed by atoms with van der Waals surface area (Å²) in [6, 6.07) is 8.22. The molecule has 0 fully saturated rings. The van der Waals surface area contributed by atoms with E-state index in [-0.39, 0.29) is 12.4 Å². The van der Waals surface area contributed by atoms with Crippen molar-refractivity contribution >= 4 is 40.0 Å². The average molecular weight is 335 g/mol. The summed E-state index contributed by atoms with van der Waals surface area (Å²) in [5.74, 6) is 0. The van der Waals surface area contributed by atoms with Crippen LogP contribution in [0.5, 0.6) is 0 Å². The summed E-state index contributed by atoms with van der Waals surface area (Å²) < 4.78 is 7.26. The lowest BCUT2D eigenvalue weighted by atomic mass is 10.1. The van der Waals surface area contributed by atoms with Gasteiger partial charge in [-0.2, -0.15) is 5.10 Å². The number of nitrogens with zero attached hydrogens (tertiary/aromatic N) is 3. The van der Waals surface area contributed by atoms with Crippen molar-refractivity contribution in [1.29, 1.82) is 0 Å². The summed E-state index contributed by atoms with van der Waals surface area (Å²) in [5.41, 5.74) is 4.04. The van der Waals surface area contributed by atoms with Gasteiger partial charge in [-0.1, -0.05) is 18.2 Å². The van der Waals surface area contributed by atoms with E-state index in [0.29, 0.717) is 0 Å². The van der Waals surface area contributed by atoms with Gasteiger partial charge in [0, 0.05) is 32.2 Å². The fourth-order valence-electron chi connectivity index (χ4n) is 2.81. The second kappa shape index (κ2) is 7.62. The number of benzene rings is 1. The van der Waals surface area contributed by atoms with Crippen LogP contribution < -0.4 is 5.32 Å². The van der Waals surface area contributed by atoms with Gasteiger partial charge in [0.05, 0.1) is 22.3 Å². The number of hydrogen-bond acceptors (Lipinski definition) is 4. The van der Waals surface area contributed by atoms with Gasteiger partial charge < -0.3 is 10.1 Å². The first-order valence-electron chi connectivity index (χ1n) is 7.76. The van der Waals surface area contributed by atoms with Crippen molar-refractivity contribution in [3.8, 4) is 0 Å². The standard InChI is InChI=1S/C17H22N4O.ClH/c1-4-22-11-7-10-18-16-13-8-5-6-9-14(13)19-17-15(16)12(2)20-21(17)3;/h5-6,8-9H,4,7,10-11H2,1-3H3,(H,18,19);1H. The molecule has 0 saturated carbocycles. The van der Waals surface area contributed by atoms with Crippen molar-refractivity contribution in [2.45, 2.75) is 20.3 Å². The van der Waals surface area contributed by atoms with Crippen LogP contribution in [0.15, 0.2) is 24.3 Å². The van der Waals surface area contributed by atoms with E-state index in [9.17, 15) is 0 Å². The molecule has 0 aliphatic carbocycles. The third kappa shape index (κ3) is 3.41. The van der Waals surface area contributed by atoms with Crippen molar-refractivity contribution < 1.29 is 4.74 Å². The van der Waals surface area contributed by atoms with Crippen molar-refractivity contribution in [2.24, 2.45) is 7.05 Å². The highest BCUT2D eigenvalue weighted by molar-refractivity contribution is 6.07. The number of pyridine rings is 1. The summed E-state index contributed by atoms with van der Waals surface area (Å²) in [4.78, 5) is 4.75. The lowest BCUT2D eigenvalue weighted by Gasteiger charge is -2.12. The third-order valence-corrected chi connectivity index (χ3v) is 3.81. The molecule has 2 heterocycles. The zero-order chi connectivity index (χ0) is 15.5. The van der Waals surface area contributed by atoms with E-state index < -0.39 is 0 Å². The quantitative estimate of drug-likeness (QED) is 0.698. The SMILES string of the molecule is CCOCCCNc1c2ccccc2nc2c1c(C)nn2C.Cl. The zero-order valence-electron chi connectivity index (χ0n) is 13.8. The lowest BCUT2D eigenvalue weighted by Crippen LogP contribution is -2.07. The van der Waals surface area contributed by atoms with Crippen molar-refractivity contribution in [1.82, 2.24) is 14.8 Å². The molecule has 0 aliphatic heterocycles. The predicted molar refractivity (Wildman–Crippen MR) is 97.6 cm³/mol. The molecule has 0 unspecified atom stereocenters. The van der Waals surface area contributed by atoms with Crippen LogP contribution in [0.25, 0.3) is 21.9 Å². The Kier molecular flexibility index (Phi) is 5.80. The van der Waals surface area contributed by atoms with E-state index in [1.807, 2.05) is 43.8 Å². The number of anilines is 1. The number of halogens is 1. The van der Waals surface area contributed by atoms with Gasteiger partial charge in [-0.05, 0) is 26.3 Å². The Morgan fingerprint density at radius 3 is 2.83 bits per heavy atom. The number of para-hydroxylation sites is 1. The Labute approximate surface area is 142 Å². The lowest BCUT2D eigenvalue weighted by molar-refractivity contribution is 0.147. The minimum absolute atomic E-state index is 0. The molecule has 0 bridgehead atoms. The van der Waals surface area contributed by atoms with E-state index in [2.05, 4.69) is 16.5 Å². The molecule has 1 N–H and O–H groups in total. The molecule has 3 rings (SSSR count). The number of aryl methyl sites for hydroxylation is 2. The van der Waals surface area contributed by atoms with Crippen LogP contribution >= 0.6 is 12.4 Å². The molecule has 1 aromatic carbocycles. The molecule has 5 nitrogen and oxygen atoms in total. The fourth-order valence-corrected chi connectivity index (χ4v) is 2.81. The second-order valence-electron chi connectivity index (χ2n) is 5.39. The highest BCUT2D eigenvalue weighted by atomic mass is 35.5. The molecule has 0 radical (unpaired) electrons. The average Bonchev–Trinajstić information content (AvgIpc) is 2.81. The number of aromatic nitrogens is 3. The number of hydrogen-bond donors (Lipinski definition) is 1. The molecular formula is C17H23ClN4O. The van der Waals surface area contributed by atoms with Gasteiger partial charge in [0.15, 0.2) is 5.65 Å². The number of fused-ring (bicyclic) bond motifs is 2. The summed E-state index contributed by atoms with van der Waals surface area (Å²) in [7, 11) is 1.94. The second-order valence-corrected chi connectivity index (χ2v) is 5.39. The molecule has 3 aromatic rings. The van der Waals surface area contributed by atoms with Crippen LogP contribution in [0.3, 0.4) is 0 Å². The van der Waals surface area contributed by atoms with E-state index in [4.69, 9.17) is 9.72 Å². The molecule has 0 aliphatic rings. The van der Waals surface area contributed by atoms with Gasteiger partial charge in [0.1, 0.15) is 0 Å². The van der Waals surface area contributed by atoms with E-state index in [1.54, 1.807) is 0 Å². The van der Waals surface area contributed by atoms with Crippen LogP contribution in [-0.2, 0) is 11.8 Å². The molecule has 0 saturated heterocycles. The van der Waals surface area contributed by atoms with Crippen LogP contribution in [0.1, 0.15) is 19.0 Å². The molecule has 124 valence electrons.